The van der Waals surface area contributed by atoms with Crippen LogP contribution in [-0.2, 0) is 14.3 Å². The van der Waals surface area contributed by atoms with Crippen molar-refractivity contribution in [3.63, 3.8) is 0 Å². The van der Waals surface area contributed by atoms with Gasteiger partial charge in [0, 0.05) is 21.6 Å². The number of cyclic esters (lactones) is 2. The highest BCUT2D eigenvalue weighted by atomic mass is 32.2. The summed E-state index contributed by atoms with van der Waals surface area (Å²) in [6, 6.07) is 5.37. The van der Waals surface area contributed by atoms with Crippen LogP contribution in [0.4, 0.5) is 0 Å². The van der Waals surface area contributed by atoms with Crippen LogP contribution in [0.2, 0.25) is 0 Å². The summed E-state index contributed by atoms with van der Waals surface area (Å²) in [5.41, 5.74) is 0.693. The molecule has 29 heavy (non-hydrogen) atoms. The monoisotopic (exact) mass is 431 g/mol. The summed E-state index contributed by atoms with van der Waals surface area (Å²) in [5.74, 6) is -1.38. The van der Waals surface area contributed by atoms with Crippen LogP contribution in [0.5, 0.6) is 11.5 Å². The van der Waals surface area contributed by atoms with Gasteiger partial charge in [-0.2, -0.15) is 0 Å². The molecule has 7 unspecified atom stereocenters. The quantitative estimate of drug-likeness (QED) is 0.555. The lowest BCUT2D eigenvalue weighted by atomic mass is 9.68. The Kier molecular flexibility index (Phi) is 3.57. The number of ether oxygens (including phenoxy) is 2. The van der Waals surface area contributed by atoms with E-state index in [0.717, 1.165) is 27.7 Å². The van der Waals surface area contributed by atoms with Gasteiger partial charge in [0.25, 0.3) is 0 Å². The van der Waals surface area contributed by atoms with E-state index in [4.69, 9.17) is 9.47 Å². The molecule has 2 aliphatic carbocycles. The molecular formula is C20H17NO6S2. The maximum atomic E-state index is 12.4. The number of carbonyl (C=O) groups is 2. The number of thiazole rings is 1. The number of phenolic OH excluding ortho intramolecular Hbond substituents is 1. The molecule has 0 radical (unpaired) electrons. The van der Waals surface area contributed by atoms with Crippen LogP contribution in [0.1, 0.15) is 22.8 Å². The van der Waals surface area contributed by atoms with Gasteiger partial charge in [-0.1, -0.05) is 23.5 Å². The summed E-state index contributed by atoms with van der Waals surface area (Å²) >= 11 is 2.75. The molecule has 2 aromatic rings. The molecule has 2 N–H and O–H groups in total. The van der Waals surface area contributed by atoms with E-state index < -0.39 is 17.9 Å². The number of para-hydroxylation sites is 1. The average molecular weight is 431 g/mol. The minimum Gasteiger partial charge on any atom is -0.504 e. The van der Waals surface area contributed by atoms with Crippen LogP contribution in [0.3, 0.4) is 0 Å². The molecule has 1 aromatic carbocycles. The van der Waals surface area contributed by atoms with E-state index in [1.165, 1.54) is 7.11 Å². The van der Waals surface area contributed by atoms with Gasteiger partial charge in [0.1, 0.15) is 0 Å². The van der Waals surface area contributed by atoms with Gasteiger partial charge in [0.15, 0.2) is 11.5 Å². The van der Waals surface area contributed by atoms with Crippen molar-refractivity contribution < 1.29 is 24.2 Å². The smallest absolute Gasteiger partial charge is 0.317 e. The van der Waals surface area contributed by atoms with Crippen molar-refractivity contribution in [2.75, 3.05) is 7.11 Å². The first-order chi connectivity index (χ1) is 14.0. The molecule has 6 rings (SSSR count). The predicted molar refractivity (Wildman–Crippen MR) is 104 cm³/mol. The Bertz CT molecular complexity index is 1120. The van der Waals surface area contributed by atoms with Crippen LogP contribution < -0.4 is 9.61 Å². The Morgan fingerprint density at radius 3 is 2.69 bits per heavy atom. The lowest BCUT2D eigenvalue weighted by molar-refractivity contribution is -0.154. The van der Waals surface area contributed by atoms with E-state index in [2.05, 4.69) is 4.98 Å². The molecule has 2 saturated carbocycles. The van der Waals surface area contributed by atoms with Crippen LogP contribution in [0.15, 0.2) is 28.0 Å². The summed E-state index contributed by atoms with van der Waals surface area (Å²) in [4.78, 5) is 40.6. The van der Waals surface area contributed by atoms with E-state index in [-0.39, 0.29) is 45.5 Å². The van der Waals surface area contributed by atoms with Crippen molar-refractivity contribution in [3.8, 4) is 11.5 Å². The summed E-state index contributed by atoms with van der Waals surface area (Å²) in [5, 5.41) is 11.8. The van der Waals surface area contributed by atoms with E-state index >= 15 is 0 Å². The number of H-pyrrole nitrogens is 1. The van der Waals surface area contributed by atoms with Gasteiger partial charge in [-0.05, 0) is 30.2 Å². The molecule has 4 aliphatic rings. The third-order valence-corrected chi connectivity index (χ3v) is 9.63. The number of esters is 2. The van der Waals surface area contributed by atoms with Gasteiger partial charge in [-0.15, -0.1) is 11.8 Å². The van der Waals surface area contributed by atoms with Crippen LogP contribution in [0.25, 0.3) is 0 Å². The fourth-order valence-corrected chi connectivity index (χ4v) is 9.00. The van der Waals surface area contributed by atoms with Crippen molar-refractivity contribution in [2.45, 2.75) is 22.6 Å². The fourth-order valence-electron chi connectivity index (χ4n) is 6.12. The first-order valence-electron chi connectivity index (χ1n) is 9.50. The third kappa shape index (κ3) is 2.17. The minimum atomic E-state index is -0.419. The first-order valence-corrected chi connectivity index (χ1v) is 11.2. The number of rotatable bonds is 2. The predicted octanol–water partition coefficient (Wildman–Crippen LogP) is 2.34. The number of phenols is 1. The number of hydrogen-bond donors (Lipinski definition) is 2. The van der Waals surface area contributed by atoms with Gasteiger partial charge < -0.3 is 19.6 Å². The van der Waals surface area contributed by atoms with E-state index in [9.17, 15) is 19.5 Å². The summed E-state index contributed by atoms with van der Waals surface area (Å²) in [7, 11) is 1.50. The zero-order valence-corrected chi connectivity index (χ0v) is 16.9. The van der Waals surface area contributed by atoms with Crippen molar-refractivity contribution in [1.82, 2.24) is 4.98 Å². The lowest BCUT2D eigenvalue weighted by Crippen LogP contribution is -2.42. The topological polar surface area (TPSA) is 106 Å². The number of methoxy groups -OCH3 is 1. The molecule has 3 heterocycles. The number of aromatic nitrogens is 1. The molecule has 7 nitrogen and oxygen atoms in total. The number of carbonyl (C=O) groups excluding carboxylic acids is 2. The van der Waals surface area contributed by atoms with Gasteiger partial charge in [-0.25, -0.2) is 0 Å². The van der Waals surface area contributed by atoms with Gasteiger partial charge >= 0.3 is 16.8 Å². The lowest BCUT2D eigenvalue weighted by Gasteiger charge is -2.42. The molecule has 3 fully saturated rings. The Hall–Kier alpha value is -2.26. The van der Waals surface area contributed by atoms with Crippen molar-refractivity contribution in [1.29, 1.82) is 0 Å². The van der Waals surface area contributed by atoms with Crippen molar-refractivity contribution in [2.24, 2.45) is 29.6 Å². The molecule has 1 aromatic heterocycles. The maximum absolute atomic E-state index is 12.4. The first kappa shape index (κ1) is 17.6. The average Bonchev–Trinajstić information content (AvgIpc) is 3.41. The normalized spacial score (nSPS) is 36.5. The SMILES string of the molecule is COc1cccc(C2c3sc(=O)[nH]c3SC3C4CC(C5C(=O)OC(=O)C45)C23)c1O. The highest BCUT2D eigenvalue weighted by Crippen LogP contribution is 2.68. The van der Waals surface area contributed by atoms with Crippen LogP contribution >= 0.6 is 23.1 Å². The number of aromatic amines is 1. The number of benzene rings is 1. The summed E-state index contributed by atoms with van der Waals surface area (Å²) in [6.45, 7) is 0. The molecular weight excluding hydrogens is 414 g/mol. The highest BCUT2D eigenvalue weighted by molar-refractivity contribution is 8.00. The Balaban J connectivity index is 1.54. The molecule has 150 valence electrons. The molecule has 1 saturated heterocycles. The van der Waals surface area contributed by atoms with Crippen LogP contribution in [-0.4, -0.2) is 34.4 Å². The Labute approximate surface area is 173 Å². The zero-order chi connectivity index (χ0) is 20.0. The van der Waals surface area contributed by atoms with E-state index in [1.807, 2.05) is 12.1 Å². The minimum absolute atomic E-state index is 0.0117. The fraction of sp³-hybridized carbons (Fsp3) is 0.450. The third-order valence-electron chi connectivity index (χ3n) is 7.04. The summed E-state index contributed by atoms with van der Waals surface area (Å²) in [6.07, 6.45) is 0.791. The van der Waals surface area contributed by atoms with Crippen molar-refractivity contribution >= 4 is 35.0 Å². The van der Waals surface area contributed by atoms with Gasteiger partial charge in [0.2, 0.25) is 0 Å². The molecule has 9 heteroatoms. The number of nitrogens with one attached hydrogen (secondary N) is 1. The second-order valence-corrected chi connectivity index (χ2v) is 10.3. The Morgan fingerprint density at radius 1 is 1.17 bits per heavy atom. The molecule has 0 amide bonds. The van der Waals surface area contributed by atoms with E-state index in [1.54, 1.807) is 17.8 Å². The van der Waals surface area contributed by atoms with E-state index in [0.29, 0.717) is 11.3 Å². The number of hydrogen-bond acceptors (Lipinski definition) is 8. The zero-order valence-electron chi connectivity index (χ0n) is 15.3. The maximum Gasteiger partial charge on any atom is 0.317 e. The second-order valence-electron chi connectivity index (χ2n) is 8.10. The molecule has 0 spiro atoms. The standard InChI is InChI=1S/C20H17NO6S2/c1-26-9-4-2-3-6(14(9)22)10-11-7-5-8(13-12(7)18(23)27-19(13)24)15(11)28-17-16(10)29-20(25)21-17/h2-4,7-8,10-13,15,22H,5H2,1H3,(H,21,25). The molecule has 2 bridgehead atoms. The number of thioether (sulfide) groups is 1. The number of aromatic hydroxyl groups is 1. The molecule has 7 atom stereocenters. The van der Waals surface area contributed by atoms with Gasteiger partial charge in [-0.3, -0.25) is 14.4 Å². The summed E-state index contributed by atoms with van der Waals surface area (Å²) < 4.78 is 10.3. The second kappa shape index (κ2) is 5.89. The van der Waals surface area contributed by atoms with Crippen molar-refractivity contribution in [3.05, 3.63) is 38.3 Å². The van der Waals surface area contributed by atoms with Gasteiger partial charge in [0.05, 0.1) is 24.0 Å². The highest BCUT2D eigenvalue weighted by Gasteiger charge is 2.69. The van der Waals surface area contributed by atoms with Crippen LogP contribution in [0, 0.1) is 29.6 Å². The molecule has 2 aliphatic heterocycles. The number of fused-ring (bicyclic) bond motifs is 9. The largest absolute Gasteiger partial charge is 0.504 e. The Morgan fingerprint density at radius 2 is 1.93 bits per heavy atom.